The molecule has 6 nitrogen and oxygen atoms in total. The van der Waals surface area contributed by atoms with Crippen LogP contribution in [-0.4, -0.2) is 41.4 Å². The van der Waals surface area contributed by atoms with E-state index in [2.05, 4.69) is 10.6 Å². The van der Waals surface area contributed by atoms with Gasteiger partial charge in [-0.05, 0) is 32.6 Å². The van der Waals surface area contributed by atoms with Crippen LogP contribution in [0.15, 0.2) is 0 Å². The summed E-state index contributed by atoms with van der Waals surface area (Å²) in [6.07, 6.45) is 2.64. The van der Waals surface area contributed by atoms with E-state index in [1.165, 1.54) is 0 Å². The Kier molecular flexibility index (Phi) is 5.60. The Morgan fingerprint density at radius 2 is 2.05 bits per heavy atom. The van der Waals surface area contributed by atoms with E-state index in [-0.39, 0.29) is 12.1 Å². The Labute approximate surface area is 113 Å². The Balaban J connectivity index is 2.55. The van der Waals surface area contributed by atoms with Crippen molar-refractivity contribution < 1.29 is 19.4 Å². The SMILES string of the molecule is CCC(CC)(NC(=O)NC(C)C1CCCO1)C(=O)O. The number of carboxylic acid groups (broad SMARTS) is 1. The number of rotatable bonds is 6. The van der Waals surface area contributed by atoms with Gasteiger partial charge in [-0.3, -0.25) is 0 Å². The fourth-order valence-corrected chi connectivity index (χ4v) is 2.33. The maximum Gasteiger partial charge on any atom is 0.329 e. The van der Waals surface area contributed by atoms with Gasteiger partial charge in [0.2, 0.25) is 0 Å². The number of carbonyl (C=O) groups excluding carboxylic acids is 1. The lowest BCUT2D eigenvalue weighted by Crippen LogP contribution is -2.58. The molecule has 1 aliphatic rings. The topological polar surface area (TPSA) is 87.7 Å². The number of carbonyl (C=O) groups is 2. The van der Waals surface area contributed by atoms with E-state index in [4.69, 9.17) is 4.74 Å². The van der Waals surface area contributed by atoms with Gasteiger partial charge >= 0.3 is 12.0 Å². The highest BCUT2D eigenvalue weighted by Crippen LogP contribution is 2.17. The lowest BCUT2D eigenvalue weighted by Gasteiger charge is -2.29. The van der Waals surface area contributed by atoms with Gasteiger partial charge in [-0.1, -0.05) is 13.8 Å². The van der Waals surface area contributed by atoms with E-state index in [0.717, 1.165) is 19.4 Å². The van der Waals surface area contributed by atoms with Gasteiger partial charge < -0.3 is 20.5 Å². The van der Waals surface area contributed by atoms with Crippen molar-refractivity contribution in [1.29, 1.82) is 0 Å². The molecule has 19 heavy (non-hydrogen) atoms. The third-order valence-corrected chi connectivity index (χ3v) is 3.85. The van der Waals surface area contributed by atoms with Crippen LogP contribution in [0.2, 0.25) is 0 Å². The Bertz CT molecular complexity index is 323. The van der Waals surface area contributed by atoms with Crippen molar-refractivity contribution in [2.75, 3.05) is 6.61 Å². The minimum Gasteiger partial charge on any atom is -0.480 e. The molecule has 2 atom stereocenters. The summed E-state index contributed by atoms with van der Waals surface area (Å²) in [7, 11) is 0. The predicted octanol–water partition coefficient (Wildman–Crippen LogP) is 1.50. The van der Waals surface area contributed by atoms with Crippen LogP contribution in [0.3, 0.4) is 0 Å². The number of hydrogen-bond acceptors (Lipinski definition) is 3. The normalized spacial score (nSPS) is 20.9. The first-order chi connectivity index (χ1) is 8.95. The summed E-state index contributed by atoms with van der Waals surface area (Å²) >= 11 is 0. The second-order valence-corrected chi connectivity index (χ2v) is 5.03. The minimum atomic E-state index is -1.19. The lowest BCUT2D eigenvalue weighted by atomic mass is 9.93. The molecule has 0 aromatic rings. The van der Waals surface area contributed by atoms with Gasteiger partial charge in [0, 0.05) is 6.61 Å². The number of amides is 2. The summed E-state index contributed by atoms with van der Waals surface area (Å²) in [5.74, 6) is -1.00. The molecule has 0 spiro atoms. The average molecular weight is 272 g/mol. The number of carboxylic acids is 1. The molecular formula is C13H24N2O4. The Morgan fingerprint density at radius 3 is 2.47 bits per heavy atom. The van der Waals surface area contributed by atoms with Gasteiger partial charge in [0.15, 0.2) is 0 Å². The van der Waals surface area contributed by atoms with E-state index < -0.39 is 17.5 Å². The Hall–Kier alpha value is -1.30. The molecule has 110 valence electrons. The van der Waals surface area contributed by atoms with Crippen LogP contribution in [0.4, 0.5) is 4.79 Å². The zero-order valence-corrected chi connectivity index (χ0v) is 11.9. The zero-order chi connectivity index (χ0) is 14.5. The summed E-state index contributed by atoms with van der Waals surface area (Å²) in [4.78, 5) is 23.2. The van der Waals surface area contributed by atoms with Gasteiger partial charge in [0.25, 0.3) is 0 Å². The summed E-state index contributed by atoms with van der Waals surface area (Å²) in [5.41, 5.74) is -1.19. The van der Waals surface area contributed by atoms with Crippen LogP contribution >= 0.6 is 0 Å². The van der Waals surface area contributed by atoms with Crippen molar-refractivity contribution in [1.82, 2.24) is 10.6 Å². The van der Waals surface area contributed by atoms with Crippen LogP contribution in [0.5, 0.6) is 0 Å². The van der Waals surface area contributed by atoms with Crippen molar-refractivity contribution in [2.45, 2.75) is 64.1 Å². The number of ether oxygens (including phenoxy) is 1. The maximum atomic E-state index is 11.9. The highest BCUT2D eigenvalue weighted by Gasteiger charge is 2.37. The molecule has 1 fully saturated rings. The first kappa shape index (κ1) is 15.8. The molecule has 0 saturated carbocycles. The van der Waals surface area contributed by atoms with Gasteiger partial charge in [-0.2, -0.15) is 0 Å². The van der Waals surface area contributed by atoms with Crippen molar-refractivity contribution >= 4 is 12.0 Å². The fourth-order valence-electron chi connectivity index (χ4n) is 2.33. The van der Waals surface area contributed by atoms with Crippen molar-refractivity contribution in [3.05, 3.63) is 0 Å². The van der Waals surface area contributed by atoms with Crippen molar-refractivity contribution in [3.63, 3.8) is 0 Å². The van der Waals surface area contributed by atoms with E-state index in [1.807, 2.05) is 6.92 Å². The number of nitrogens with one attached hydrogen (secondary N) is 2. The molecule has 0 aliphatic carbocycles. The molecule has 1 rings (SSSR count). The van der Waals surface area contributed by atoms with Gasteiger partial charge in [-0.25, -0.2) is 9.59 Å². The first-order valence-corrected chi connectivity index (χ1v) is 6.89. The molecule has 0 aromatic heterocycles. The minimum absolute atomic E-state index is 0.0215. The van der Waals surface area contributed by atoms with E-state index in [1.54, 1.807) is 13.8 Å². The highest BCUT2D eigenvalue weighted by atomic mass is 16.5. The number of urea groups is 1. The maximum absolute atomic E-state index is 11.9. The number of aliphatic carboxylic acids is 1. The second-order valence-electron chi connectivity index (χ2n) is 5.03. The lowest BCUT2D eigenvalue weighted by molar-refractivity contribution is -0.144. The molecule has 1 saturated heterocycles. The molecule has 1 aliphatic heterocycles. The average Bonchev–Trinajstić information content (AvgIpc) is 2.89. The van der Waals surface area contributed by atoms with Crippen LogP contribution in [-0.2, 0) is 9.53 Å². The quantitative estimate of drug-likeness (QED) is 0.683. The van der Waals surface area contributed by atoms with Gasteiger partial charge in [-0.15, -0.1) is 0 Å². The molecule has 3 N–H and O–H groups in total. The van der Waals surface area contributed by atoms with Crippen LogP contribution < -0.4 is 10.6 Å². The van der Waals surface area contributed by atoms with Crippen LogP contribution in [0.1, 0.15) is 46.5 Å². The molecule has 0 bridgehead atoms. The van der Waals surface area contributed by atoms with Crippen molar-refractivity contribution in [3.8, 4) is 0 Å². The third kappa shape index (κ3) is 3.83. The zero-order valence-electron chi connectivity index (χ0n) is 11.9. The van der Waals surface area contributed by atoms with Gasteiger partial charge in [0.1, 0.15) is 5.54 Å². The third-order valence-electron chi connectivity index (χ3n) is 3.85. The summed E-state index contributed by atoms with van der Waals surface area (Å²) < 4.78 is 5.49. The highest BCUT2D eigenvalue weighted by molar-refractivity contribution is 5.86. The number of hydrogen-bond donors (Lipinski definition) is 3. The van der Waals surface area contributed by atoms with Crippen molar-refractivity contribution in [2.24, 2.45) is 0 Å². The summed E-state index contributed by atoms with van der Waals surface area (Å²) in [6.45, 7) is 6.10. The fraction of sp³-hybridized carbons (Fsp3) is 0.846. The van der Waals surface area contributed by atoms with E-state index >= 15 is 0 Å². The van der Waals surface area contributed by atoms with E-state index in [0.29, 0.717) is 12.8 Å². The van der Waals surface area contributed by atoms with E-state index in [9.17, 15) is 14.7 Å². The van der Waals surface area contributed by atoms with Crippen LogP contribution in [0.25, 0.3) is 0 Å². The molecule has 0 radical (unpaired) electrons. The van der Waals surface area contributed by atoms with Crippen LogP contribution in [0, 0.1) is 0 Å². The molecule has 6 heteroatoms. The molecule has 0 aromatic carbocycles. The predicted molar refractivity (Wildman–Crippen MR) is 71.1 cm³/mol. The second kappa shape index (κ2) is 6.75. The van der Waals surface area contributed by atoms with Gasteiger partial charge in [0.05, 0.1) is 12.1 Å². The summed E-state index contributed by atoms with van der Waals surface area (Å²) in [6, 6.07) is -0.572. The smallest absolute Gasteiger partial charge is 0.329 e. The Morgan fingerprint density at radius 1 is 1.42 bits per heavy atom. The monoisotopic (exact) mass is 272 g/mol. The standard InChI is InChI=1S/C13H24N2O4/c1-4-13(5-2,11(16)17)15-12(18)14-9(3)10-7-6-8-19-10/h9-10H,4-8H2,1-3H3,(H,16,17)(H2,14,15,18). The molecule has 1 heterocycles. The largest absolute Gasteiger partial charge is 0.480 e. The molecule has 2 unspecified atom stereocenters. The summed E-state index contributed by atoms with van der Waals surface area (Å²) in [5, 5.41) is 14.6. The molecular weight excluding hydrogens is 248 g/mol. The molecule has 2 amide bonds. The first-order valence-electron chi connectivity index (χ1n) is 6.89.